The second kappa shape index (κ2) is 5.03. The lowest BCUT2D eigenvalue weighted by atomic mass is 9.84. The summed E-state index contributed by atoms with van der Waals surface area (Å²) in [6.45, 7) is 4.08. The molecule has 1 aliphatic rings. The van der Waals surface area contributed by atoms with Gasteiger partial charge in [-0.25, -0.2) is 0 Å². The van der Waals surface area contributed by atoms with Crippen molar-refractivity contribution in [2.75, 3.05) is 6.54 Å². The zero-order valence-electron chi connectivity index (χ0n) is 11.3. The number of likely N-dealkylation sites (tertiary alicyclic amines) is 1. The van der Waals surface area contributed by atoms with E-state index in [1.54, 1.807) is 4.90 Å². The van der Waals surface area contributed by atoms with Crippen molar-refractivity contribution < 1.29 is 14.7 Å². The highest BCUT2D eigenvalue weighted by Gasteiger charge is 2.49. The first-order chi connectivity index (χ1) is 9.00. The summed E-state index contributed by atoms with van der Waals surface area (Å²) in [6.07, 6.45) is 0.585. The SMILES string of the molecule is CCC1(C(=O)O)CC(=O)N([C@H](C)c2ccccc2)C1. The van der Waals surface area contributed by atoms with Crippen LogP contribution in [0.25, 0.3) is 0 Å². The van der Waals surface area contributed by atoms with Gasteiger partial charge >= 0.3 is 5.97 Å². The lowest BCUT2D eigenvalue weighted by Crippen LogP contribution is -2.35. The van der Waals surface area contributed by atoms with Crippen LogP contribution in [0.2, 0.25) is 0 Å². The lowest BCUT2D eigenvalue weighted by Gasteiger charge is -2.27. The minimum Gasteiger partial charge on any atom is -0.481 e. The molecule has 1 aromatic carbocycles. The zero-order chi connectivity index (χ0) is 14.0. The molecular formula is C15H19NO3. The Hall–Kier alpha value is -1.84. The summed E-state index contributed by atoms with van der Waals surface area (Å²) >= 11 is 0. The molecule has 0 bridgehead atoms. The van der Waals surface area contributed by atoms with Crippen LogP contribution in [0.5, 0.6) is 0 Å². The Balaban J connectivity index is 2.23. The molecule has 1 N–H and O–H groups in total. The molecule has 1 heterocycles. The fraction of sp³-hybridized carbons (Fsp3) is 0.467. The van der Waals surface area contributed by atoms with E-state index in [2.05, 4.69) is 0 Å². The van der Waals surface area contributed by atoms with E-state index >= 15 is 0 Å². The number of hydrogen-bond donors (Lipinski definition) is 1. The molecule has 2 rings (SSSR count). The number of rotatable bonds is 4. The van der Waals surface area contributed by atoms with Crippen LogP contribution < -0.4 is 0 Å². The number of carboxylic acid groups (broad SMARTS) is 1. The maximum Gasteiger partial charge on any atom is 0.311 e. The third-order valence-corrected chi connectivity index (χ3v) is 4.16. The van der Waals surface area contributed by atoms with Crippen molar-refractivity contribution in [3.05, 3.63) is 35.9 Å². The predicted octanol–water partition coefficient (Wildman–Crippen LogP) is 2.46. The Bertz CT molecular complexity index is 485. The average molecular weight is 261 g/mol. The molecule has 1 saturated heterocycles. The quantitative estimate of drug-likeness (QED) is 0.905. The highest BCUT2D eigenvalue weighted by molar-refractivity contribution is 5.89. The van der Waals surface area contributed by atoms with Crippen molar-refractivity contribution >= 4 is 11.9 Å². The normalized spacial score (nSPS) is 24.5. The van der Waals surface area contributed by atoms with Gasteiger partial charge in [0.1, 0.15) is 0 Å². The van der Waals surface area contributed by atoms with Gasteiger partial charge in [0.2, 0.25) is 5.91 Å². The number of carboxylic acids is 1. The van der Waals surface area contributed by atoms with Crippen molar-refractivity contribution in [2.24, 2.45) is 5.41 Å². The van der Waals surface area contributed by atoms with Crippen LogP contribution in [0, 0.1) is 5.41 Å². The number of benzene rings is 1. The number of aliphatic carboxylic acids is 1. The van der Waals surface area contributed by atoms with Crippen molar-refractivity contribution in [3.8, 4) is 0 Å². The standard InChI is InChI=1S/C15H19NO3/c1-3-15(14(18)19)9-13(17)16(10-15)11(2)12-7-5-4-6-8-12/h4-8,11H,3,9-10H2,1-2H3,(H,18,19)/t11-,15?/m1/s1. The molecule has 4 heteroatoms. The summed E-state index contributed by atoms with van der Waals surface area (Å²) in [5.41, 5.74) is 0.119. The number of nitrogens with zero attached hydrogens (tertiary/aromatic N) is 1. The summed E-state index contributed by atoms with van der Waals surface area (Å²) in [5.74, 6) is -0.938. The van der Waals surface area contributed by atoms with Crippen molar-refractivity contribution in [1.29, 1.82) is 0 Å². The number of hydrogen-bond acceptors (Lipinski definition) is 2. The molecule has 1 unspecified atom stereocenters. The summed E-state index contributed by atoms with van der Waals surface area (Å²) in [6, 6.07) is 9.62. The molecule has 2 atom stereocenters. The molecular weight excluding hydrogens is 242 g/mol. The van der Waals surface area contributed by atoms with Crippen molar-refractivity contribution in [3.63, 3.8) is 0 Å². The number of carbonyl (C=O) groups excluding carboxylic acids is 1. The van der Waals surface area contributed by atoms with Crippen molar-refractivity contribution in [2.45, 2.75) is 32.7 Å². The minimum absolute atomic E-state index is 0.0689. The van der Waals surface area contributed by atoms with Gasteiger partial charge in [0.25, 0.3) is 0 Å². The maximum atomic E-state index is 12.1. The van der Waals surface area contributed by atoms with Crippen LogP contribution in [0.3, 0.4) is 0 Å². The molecule has 4 nitrogen and oxygen atoms in total. The van der Waals surface area contributed by atoms with E-state index in [0.29, 0.717) is 13.0 Å². The van der Waals surface area contributed by atoms with E-state index in [9.17, 15) is 14.7 Å². The average Bonchev–Trinajstić information content (AvgIpc) is 2.77. The number of carbonyl (C=O) groups is 2. The van der Waals surface area contributed by atoms with Crippen LogP contribution >= 0.6 is 0 Å². The topological polar surface area (TPSA) is 57.6 Å². The Morgan fingerprint density at radius 3 is 2.53 bits per heavy atom. The van der Waals surface area contributed by atoms with Gasteiger partial charge in [-0.3, -0.25) is 9.59 Å². The van der Waals surface area contributed by atoms with Gasteiger partial charge < -0.3 is 10.0 Å². The smallest absolute Gasteiger partial charge is 0.311 e. The Morgan fingerprint density at radius 2 is 2.05 bits per heavy atom. The van der Waals surface area contributed by atoms with Crippen LogP contribution in [0.4, 0.5) is 0 Å². The van der Waals surface area contributed by atoms with Gasteiger partial charge in [0.15, 0.2) is 0 Å². The van der Waals surface area contributed by atoms with Gasteiger partial charge in [-0.05, 0) is 18.9 Å². The fourth-order valence-corrected chi connectivity index (χ4v) is 2.66. The molecule has 1 amide bonds. The van der Waals surface area contributed by atoms with E-state index in [1.165, 1.54) is 0 Å². The summed E-state index contributed by atoms with van der Waals surface area (Å²) < 4.78 is 0. The first kappa shape index (κ1) is 13.6. The molecule has 102 valence electrons. The second-order valence-corrected chi connectivity index (χ2v) is 5.22. The monoisotopic (exact) mass is 261 g/mol. The molecule has 1 aliphatic heterocycles. The zero-order valence-corrected chi connectivity index (χ0v) is 11.3. The molecule has 1 aromatic rings. The predicted molar refractivity (Wildman–Crippen MR) is 71.5 cm³/mol. The Labute approximate surface area is 113 Å². The summed E-state index contributed by atoms with van der Waals surface area (Å²) in [7, 11) is 0. The largest absolute Gasteiger partial charge is 0.481 e. The van der Waals surface area contributed by atoms with E-state index in [0.717, 1.165) is 5.56 Å². The van der Waals surface area contributed by atoms with Gasteiger partial charge in [0, 0.05) is 13.0 Å². The summed E-state index contributed by atoms with van der Waals surface area (Å²) in [5, 5.41) is 9.37. The van der Waals surface area contributed by atoms with Crippen LogP contribution in [0.1, 0.15) is 38.3 Å². The van der Waals surface area contributed by atoms with Crippen LogP contribution in [0.15, 0.2) is 30.3 Å². The number of amides is 1. The van der Waals surface area contributed by atoms with E-state index in [-0.39, 0.29) is 18.4 Å². The third kappa shape index (κ3) is 2.35. The highest BCUT2D eigenvalue weighted by Crippen LogP contribution is 2.39. The van der Waals surface area contributed by atoms with Gasteiger partial charge in [-0.1, -0.05) is 37.3 Å². The Morgan fingerprint density at radius 1 is 1.42 bits per heavy atom. The first-order valence-electron chi connectivity index (χ1n) is 6.58. The molecule has 0 radical (unpaired) electrons. The fourth-order valence-electron chi connectivity index (χ4n) is 2.66. The minimum atomic E-state index is -0.917. The molecule has 0 aliphatic carbocycles. The maximum absolute atomic E-state index is 12.1. The molecule has 0 spiro atoms. The van der Waals surface area contributed by atoms with Gasteiger partial charge in [-0.2, -0.15) is 0 Å². The van der Waals surface area contributed by atoms with E-state index in [4.69, 9.17) is 0 Å². The molecule has 0 aromatic heterocycles. The van der Waals surface area contributed by atoms with E-state index < -0.39 is 11.4 Å². The molecule has 0 saturated carbocycles. The van der Waals surface area contributed by atoms with Gasteiger partial charge in [-0.15, -0.1) is 0 Å². The Kier molecular flexibility index (Phi) is 3.60. The molecule has 19 heavy (non-hydrogen) atoms. The van der Waals surface area contributed by atoms with Crippen molar-refractivity contribution in [1.82, 2.24) is 4.90 Å². The second-order valence-electron chi connectivity index (χ2n) is 5.22. The molecule has 1 fully saturated rings. The van der Waals surface area contributed by atoms with E-state index in [1.807, 2.05) is 44.2 Å². The summed E-state index contributed by atoms with van der Waals surface area (Å²) in [4.78, 5) is 25.2. The van der Waals surface area contributed by atoms with Gasteiger partial charge in [0.05, 0.1) is 11.5 Å². The lowest BCUT2D eigenvalue weighted by molar-refractivity contribution is -0.148. The van der Waals surface area contributed by atoms with Crippen LogP contribution in [-0.4, -0.2) is 28.4 Å². The first-order valence-corrected chi connectivity index (χ1v) is 6.58. The third-order valence-electron chi connectivity index (χ3n) is 4.16. The highest BCUT2D eigenvalue weighted by atomic mass is 16.4. The van der Waals surface area contributed by atoms with Crippen LogP contribution in [-0.2, 0) is 9.59 Å².